The molecule has 0 aromatic carbocycles. The number of nitrogens with one attached hydrogen (secondary N) is 1. The quantitative estimate of drug-likeness (QED) is 0.787. The van der Waals surface area contributed by atoms with Crippen molar-refractivity contribution in [2.75, 3.05) is 13.1 Å². The normalized spacial score (nSPS) is 18.1. The predicted octanol–water partition coefficient (Wildman–Crippen LogP) is 1.82. The Bertz CT molecular complexity index is 310. The largest absolute Gasteiger partial charge is 0.367 e. The van der Waals surface area contributed by atoms with Gasteiger partial charge in [0.1, 0.15) is 0 Å². The molecule has 1 aliphatic heterocycles. The van der Waals surface area contributed by atoms with E-state index in [1.807, 2.05) is 23.4 Å². The molecule has 0 spiro atoms. The minimum absolute atomic E-state index is 0.265. The fraction of sp³-hybridized carbons (Fsp3) is 0.583. The molecular weight excluding hydrogens is 188 g/mol. The Morgan fingerprint density at radius 2 is 2.27 bits per heavy atom. The third-order valence-electron chi connectivity index (χ3n) is 3.15. The first kappa shape index (κ1) is 10.3. The van der Waals surface area contributed by atoms with Gasteiger partial charge in [-0.1, -0.05) is 6.92 Å². The molecule has 1 aliphatic rings. The maximum absolute atomic E-state index is 11.9. The standard InChI is InChI=1S/C12H18N2O/c1-10-3-6-14(7-4-10)12(15)8-11-2-5-13-9-11/h2,5,9-10,13H,3-4,6-8H2,1H3. The average molecular weight is 206 g/mol. The van der Waals surface area contributed by atoms with Crippen molar-refractivity contribution >= 4 is 5.91 Å². The van der Waals surface area contributed by atoms with Crippen molar-refractivity contribution in [3.63, 3.8) is 0 Å². The number of carbonyl (C=O) groups excluding carboxylic acids is 1. The van der Waals surface area contributed by atoms with Crippen LogP contribution in [0.3, 0.4) is 0 Å². The van der Waals surface area contributed by atoms with E-state index in [1.165, 1.54) is 0 Å². The van der Waals surface area contributed by atoms with Crippen LogP contribution in [0.1, 0.15) is 25.3 Å². The SMILES string of the molecule is CC1CCN(C(=O)Cc2cc[nH]c2)CC1. The van der Waals surface area contributed by atoms with E-state index in [2.05, 4.69) is 11.9 Å². The van der Waals surface area contributed by atoms with Crippen LogP contribution >= 0.6 is 0 Å². The van der Waals surface area contributed by atoms with E-state index in [9.17, 15) is 4.79 Å². The second-order valence-corrected chi connectivity index (χ2v) is 4.46. The number of piperidine rings is 1. The van der Waals surface area contributed by atoms with Crippen LogP contribution in [0.15, 0.2) is 18.5 Å². The molecular formula is C12H18N2O. The number of hydrogen-bond donors (Lipinski definition) is 1. The molecule has 1 amide bonds. The van der Waals surface area contributed by atoms with Crippen molar-refractivity contribution < 1.29 is 4.79 Å². The number of aromatic amines is 1. The Morgan fingerprint density at radius 1 is 1.53 bits per heavy atom. The van der Waals surface area contributed by atoms with Crippen LogP contribution in [0.2, 0.25) is 0 Å². The van der Waals surface area contributed by atoms with E-state index in [1.54, 1.807) is 0 Å². The Balaban J connectivity index is 1.86. The summed E-state index contributed by atoms with van der Waals surface area (Å²) < 4.78 is 0. The summed E-state index contributed by atoms with van der Waals surface area (Å²) in [5.74, 6) is 1.04. The van der Waals surface area contributed by atoms with Crippen molar-refractivity contribution in [2.24, 2.45) is 5.92 Å². The third-order valence-corrected chi connectivity index (χ3v) is 3.15. The van der Waals surface area contributed by atoms with E-state index in [4.69, 9.17) is 0 Å². The molecule has 82 valence electrons. The second kappa shape index (κ2) is 4.51. The summed E-state index contributed by atoms with van der Waals surface area (Å²) in [4.78, 5) is 16.9. The molecule has 0 bridgehead atoms. The van der Waals surface area contributed by atoms with Gasteiger partial charge in [-0.05, 0) is 30.4 Å². The van der Waals surface area contributed by atoms with Crippen LogP contribution in [0, 0.1) is 5.92 Å². The fourth-order valence-electron chi connectivity index (χ4n) is 2.01. The molecule has 0 aliphatic carbocycles. The van der Waals surface area contributed by atoms with Gasteiger partial charge in [0.25, 0.3) is 0 Å². The van der Waals surface area contributed by atoms with Gasteiger partial charge >= 0.3 is 0 Å². The van der Waals surface area contributed by atoms with Gasteiger partial charge in [-0.15, -0.1) is 0 Å². The molecule has 2 heterocycles. The van der Waals surface area contributed by atoms with Crippen LogP contribution in [0.5, 0.6) is 0 Å². The van der Waals surface area contributed by atoms with Gasteiger partial charge < -0.3 is 9.88 Å². The lowest BCUT2D eigenvalue weighted by atomic mass is 9.99. The Morgan fingerprint density at radius 3 is 2.87 bits per heavy atom. The minimum atomic E-state index is 0.265. The molecule has 0 unspecified atom stereocenters. The first-order valence-electron chi connectivity index (χ1n) is 5.65. The summed E-state index contributed by atoms with van der Waals surface area (Å²) in [6, 6.07) is 1.96. The molecule has 15 heavy (non-hydrogen) atoms. The van der Waals surface area contributed by atoms with Crippen molar-refractivity contribution in [3.8, 4) is 0 Å². The monoisotopic (exact) mass is 206 g/mol. The van der Waals surface area contributed by atoms with Gasteiger partial charge in [0.15, 0.2) is 0 Å². The van der Waals surface area contributed by atoms with Crippen molar-refractivity contribution in [2.45, 2.75) is 26.2 Å². The van der Waals surface area contributed by atoms with Crippen molar-refractivity contribution in [3.05, 3.63) is 24.0 Å². The summed E-state index contributed by atoms with van der Waals surface area (Å²) in [6.07, 6.45) is 6.60. The molecule has 3 nitrogen and oxygen atoms in total. The highest BCUT2D eigenvalue weighted by Gasteiger charge is 2.20. The maximum Gasteiger partial charge on any atom is 0.227 e. The Kier molecular flexibility index (Phi) is 3.09. The average Bonchev–Trinajstić information content (AvgIpc) is 2.71. The lowest BCUT2D eigenvalue weighted by Gasteiger charge is -2.30. The number of H-pyrrole nitrogens is 1. The van der Waals surface area contributed by atoms with Gasteiger partial charge in [0.2, 0.25) is 5.91 Å². The topological polar surface area (TPSA) is 36.1 Å². The van der Waals surface area contributed by atoms with Crippen LogP contribution in [0.4, 0.5) is 0 Å². The van der Waals surface area contributed by atoms with E-state index < -0.39 is 0 Å². The lowest BCUT2D eigenvalue weighted by molar-refractivity contribution is -0.131. The number of nitrogens with zero attached hydrogens (tertiary/aromatic N) is 1. The zero-order chi connectivity index (χ0) is 10.7. The summed E-state index contributed by atoms with van der Waals surface area (Å²) in [5, 5.41) is 0. The first-order chi connectivity index (χ1) is 7.25. The number of rotatable bonds is 2. The second-order valence-electron chi connectivity index (χ2n) is 4.46. The molecule has 3 heteroatoms. The van der Waals surface area contributed by atoms with E-state index in [0.29, 0.717) is 6.42 Å². The smallest absolute Gasteiger partial charge is 0.227 e. The lowest BCUT2D eigenvalue weighted by Crippen LogP contribution is -2.38. The van der Waals surface area contributed by atoms with Crippen molar-refractivity contribution in [1.82, 2.24) is 9.88 Å². The third kappa shape index (κ3) is 2.61. The summed E-state index contributed by atoms with van der Waals surface area (Å²) in [6.45, 7) is 4.13. The Hall–Kier alpha value is -1.25. The molecule has 0 radical (unpaired) electrons. The molecule has 1 N–H and O–H groups in total. The predicted molar refractivity (Wildman–Crippen MR) is 59.5 cm³/mol. The highest BCUT2D eigenvalue weighted by molar-refractivity contribution is 5.78. The number of amides is 1. The zero-order valence-electron chi connectivity index (χ0n) is 9.20. The van der Waals surface area contributed by atoms with Gasteiger partial charge in [0.05, 0.1) is 6.42 Å². The number of aromatic nitrogens is 1. The molecule has 1 aromatic heterocycles. The summed E-state index contributed by atoms with van der Waals surface area (Å²) >= 11 is 0. The number of likely N-dealkylation sites (tertiary alicyclic amines) is 1. The zero-order valence-corrected chi connectivity index (χ0v) is 9.20. The van der Waals surface area contributed by atoms with Crippen LogP contribution in [0.25, 0.3) is 0 Å². The highest BCUT2D eigenvalue weighted by atomic mass is 16.2. The fourth-order valence-corrected chi connectivity index (χ4v) is 2.01. The van der Waals surface area contributed by atoms with Gasteiger partial charge in [0, 0.05) is 25.5 Å². The Labute approximate surface area is 90.5 Å². The first-order valence-corrected chi connectivity index (χ1v) is 5.65. The van der Waals surface area contributed by atoms with Gasteiger partial charge in [-0.3, -0.25) is 4.79 Å². The molecule has 0 saturated carbocycles. The van der Waals surface area contributed by atoms with Crippen molar-refractivity contribution in [1.29, 1.82) is 0 Å². The molecule has 1 aromatic rings. The van der Waals surface area contributed by atoms with Crippen LogP contribution < -0.4 is 0 Å². The summed E-state index contributed by atoms with van der Waals surface area (Å²) in [5.41, 5.74) is 1.08. The van der Waals surface area contributed by atoms with Crippen LogP contribution in [-0.4, -0.2) is 28.9 Å². The maximum atomic E-state index is 11.9. The minimum Gasteiger partial charge on any atom is -0.367 e. The number of carbonyl (C=O) groups is 1. The molecule has 2 rings (SSSR count). The molecule has 1 saturated heterocycles. The van der Waals surface area contributed by atoms with E-state index in [0.717, 1.165) is 37.4 Å². The van der Waals surface area contributed by atoms with Crippen LogP contribution in [-0.2, 0) is 11.2 Å². The van der Waals surface area contributed by atoms with Gasteiger partial charge in [-0.25, -0.2) is 0 Å². The highest BCUT2D eigenvalue weighted by Crippen LogP contribution is 2.16. The molecule has 0 atom stereocenters. The van der Waals surface area contributed by atoms with E-state index in [-0.39, 0.29) is 5.91 Å². The molecule has 1 fully saturated rings. The van der Waals surface area contributed by atoms with Gasteiger partial charge in [-0.2, -0.15) is 0 Å². The number of hydrogen-bond acceptors (Lipinski definition) is 1. The van der Waals surface area contributed by atoms with E-state index >= 15 is 0 Å². The summed E-state index contributed by atoms with van der Waals surface area (Å²) in [7, 11) is 0.